The van der Waals surface area contributed by atoms with Gasteiger partial charge in [0.05, 0.1) is 12.5 Å². The second-order valence-electron chi connectivity index (χ2n) is 7.16. The van der Waals surface area contributed by atoms with Crippen LogP contribution in [0.2, 0.25) is 0 Å². The van der Waals surface area contributed by atoms with E-state index in [1.165, 1.54) is 21.4 Å². The number of hydrogen-bond acceptors (Lipinski definition) is 6. The van der Waals surface area contributed by atoms with Crippen LogP contribution in [-0.2, 0) is 11.3 Å². The zero-order chi connectivity index (χ0) is 23.4. The van der Waals surface area contributed by atoms with Gasteiger partial charge in [0.2, 0.25) is 0 Å². The van der Waals surface area contributed by atoms with Crippen LogP contribution in [0.5, 0.6) is 0 Å². The molecule has 0 unspecified atom stereocenters. The zero-order valence-corrected chi connectivity index (χ0v) is 24.2. The van der Waals surface area contributed by atoms with E-state index in [4.69, 9.17) is 5.73 Å². The molecule has 0 spiro atoms. The van der Waals surface area contributed by atoms with E-state index in [1.807, 2.05) is 20.8 Å². The van der Waals surface area contributed by atoms with Gasteiger partial charge in [-0.3, -0.25) is 23.7 Å². The summed E-state index contributed by atoms with van der Waals surface area (Å²) in [4.78, 5) is 59.8. The number of aromatic nitrogens is 5. The Morgan fingerprint density at radius 2 is 1.94 bits per heavy atom. The molecule has 1 aliphatic carbocycles. The first-order valence-electron chi connectivity index (χ1n) is 10.6. The summed E-state index contributed by atoms with van der Waals surface area (Å²) in [7, 11) is 0. The van der Waals surface area contributed by atoms with E-state index in [9.17, 15) is 19.2 Å². The predicted molar refractivity (Wildman–Crippen MR) is 119 cm³/mol. The minimum absolute atomic E-state index is 0. The van der Waals surface area contributed by atoms with Crippen molar-refractivity contribution in [3.63, 3.8) is 0 Å². The smallest absolute Gasteiger partial charge is 0.666 e. The Hall–Kier alpha value is -1.95. The SMILES string of the molecule is CC.CCCn1c(=O)n(C2CC2)c(=O)c2[nH]c(-c3ccc(C(=O)NCC([NH-])=O)nc3)nc21.[Rb+]. The number of nitrogens with zero attached hydrogens (tertiary/aromatic N) is 4. The van der Waals surface area contributed by atoms with Crippen LogP contribution in [-0.4, -0.2) is 42.4 Å². The Kier molecular flexibility index (Phi) is 9.89. The number of pyridine rings is 1. The summed E-state index contributed by atoms with van der Waals surface area (Å²) < 4.78 is 2.82. The second-order valence-corrected chi connectivity index (χ2v) is 7.16. The summed E-state index contributed by atoms with van der Waals surface area (Å²) in [6, 6.07) is 3.00. The van der Waals surface area contributed by atoms with Crippen molar-refractivity contribution in [1.29, 1.82) is 0 Å². The molecule has 1 aliphatic rings. The molecule has 0 saturated heterocycles. The monoisotopic (exact) mass is 525 g/mol. The zero-order valence-electron chi connectivity index (χ0n) is 19.3. The van der Waals surface area contributed by atoms with Gasteiger partial charge in [0.15, 0.2) is 5.65 Å². The number of aromatic amines is 1. The molecule has 0 aromatic carbocycles. The van der Waals surface area contributed by atoms with Crippen LogP contribution in [0, 0.1) is 0 Å². The molecule has 33 heavy (non-hydrogen) atoms. The molecule has 2 amide bonds. The number of carbonyl (C=O) groups excluding carboxylic acids is 2. The third-order valence-electron chi connectivity index (χ3n) is 4.85. The average molecular weight is 526 g/mol. The fraction of sp³-hybridized carbons (Fsp3) is 0.429. The number of nitrogens with one attached hydrogen (secondary N) is 3. The van der Waals surface area contributed by atoms with Crippen LogP contribution < -0.4 is 74.8 Å². The van der Waals surface area contributed by atoms with Crippen LogP contribution in [0.15, 0.2) is 27.9 Å². The van der Waals surface area contributed by atoms with Gasteiger partial charge in [-0.15, -0.1) is 0 Å². The van der Waals surface area contributed by atoms with Crippen molar-refractivity contribution >= 4 is 23.0 Å². The standard InChI is InChI=1S/C19H21N7O4.C2H6.Rb/c1-2-7-25-16-14(18(29)26(19(25)30)11-4-5-11)23-15(24-16)10-3-6-12(21-8-10)17(28)22-9-13(20)27;1-2;/h3,6,8,11H,2,4-5,7,9H2,1H3,(H4,20,22,23,24,27,28,29);1-2H3;/q;;+1/p-1. The van der Waals surface area contributed by atoms with Crippen molar-refractivity contribution in [2.75, 3.05) is 6.54 Å². The fourth-order valence-corrected chi connectivity index (χ4v) is 3.27. The van der Waals surface area contributed by atoms with E-state index in [-0.39, 0.29) is 86.7 Å². The van der Waals surface area contributed by atoms with E-state index < -0.39 is 18.4 Å². The van der Waals surface area contributed by atoms with Crippen molar-refractivity contribution in [3.05, 3.63) is 50.6 Å². The first-order chi connectivity index (χ1) is 15.4. The van der Waals surface area contributed by atoms with Crippen LogP contribution in [0.1, 0.15) is 56.6 Å². The molecule has 0 radical (unpaired) electrons. The van der Waals surface area contributed by atoms with Crippen molar-refractivity contribution < 1.29 is 67.8 Å². The van der Waals surface area contributed by atoms with Crippen LogP contribution >= 0.6 is 0 Å². The Balaban J connectivity index is 0.00000125. The van der Waals surface area contributed by atoms with Gasteiger partial charge in [-0.05, 0) is 31.4 Å². The molecule has 1 saturated carbocycles. The van der Waals surface area contributed by atoms with Crippen molar-refractivity contribution in [1.82, 2.24) is 29.4 Å². The third-order valence-corrected chi connectivity index (χ3v) is 4.85. The Labute approximate surface area is 239 Å². The number of hydrogen-bond donors (Lipinski definition) is 2. The maximum Gasteiger partial charge on any atom is 1.00 e. The quantitative estimate of drug-likeness (QED) is 0.404. The minimum Gasteiger partial charge on any atom is -0.666 e. The van der Waals surface area contributed by atoms with E-state index in [0.29, 0.717) is 30.0 Å². The van der Waals surface area contributed by atoms with Crippen molar-refractivity contribution in [3.8, 4) is 11.4 Å². The van der Waals surface area contributed by atoms with E-state index >= 15 is 0 Å². The van der Waals surface area contributed by atoms with Crippen LogP contribution in [0.4, 0.5) is 0 Å². The summed E-state index contributed by atoms with van der Waals surface area (Å²) in [6.07, 6.45) is 3.75. The Morgan fingerprint density at radius 1 is 1.24 bits per heavy atom. The van der Waals surface area contributed by atoms with Gasteiger partial charge < -0.3 is 20.8 Å². The maximum absolute atomic E-state index is 12.9. The Morgan fingerprint density at radius 3 is 2.48 bits per heavy atom. The molecule has 0 aliphatic heterocycles. The topological polar surface area (TPSA) is 156 Å². The number of imidazole rings is 1. The number of H-pyrrole nitrogens is 1. The van der Waals surface area contributed by atoms with Crippen molar-refractivity contribution in [2.24, 2.45) is 0 Å². The van der Waals surface area contributed by atoms with E-state index in [2.05, 4.69) is 20.3 Å². The van der Waals surface area contributed by atoms with Gasteiger partial charge in [-0.25, -0.2) is 9.78 Å². The van der Waals surface area contributed by atoms with Gasteiger partial charge in [0, 0.05) is 24.3 Å². The largest absolute Gasteiger partial charge is 1.00 e. The molecule has 12 heteroatoms. The molecule has 170 valence electrons. The van der Waals surface area contributed by atoms with Gasteiger partial charge in [0.1, 0.15) is 17.0 Å². The van der Waals surface area contributed by atoms with Crippen LogP contribution in [0.25, 0.3) is 28.3 Å². The molecule has 11 nitrogen and oxygen atoms in total. The number of fused-ring (bicyclic) bond motifs is 1. The summed E-state index contributed by atoms with van der Waals surface area (Å²) >= 11 is 0. The van der Waals surface area contributed by atoms with E-state index in [1.54, 1.807) is 6.07 Å². The molecular weight excluding hydrogens is 500 g/mol. The number of carbonyl (C=O) groups is 2. The van der Waals surface area contributed by atoms with Crippen LogP contribution in [0.3, 0.4) is 0 Å². The summed E-state index contributed by atoms with van der Waals surface area (Å²) in [5.41, 5.74) is 7.27. The summed E-state index contributed by atoms with van der Waals surface area (Å²) in [6.45, 7) is 5.99. The molecule has 3 aromatic rings. The predicted octanol–water partition coefficient (Wildman–Crippen LogP) is -0.968. The maximum atomic E-state index is 12.9. The average Bonchev–Trinajstić information content (AvgIpc) is 3.53. The summed E-state index contributed by atoms with van der Waals surface area (Å²) in [5, 5.41) is 2.29. The molecule has 0 atom stereocenters. The molecule has 1 fully saturated rings. The molecule has 0 bridgehead atoms. The first kappa shape index (κ1) is 27.3. The first-order valence-corrected chi connectivity index (χ1v) is 10.6. The molecule has 3 aromatic heterocycles. The van der Waals surface area contributed by atoms with Gasteiger partial charge in [-0.1, -0.05) is 20.8 Å². The second kappa shape index (κ2) is 12.0. The third kappa shape index (κ3) is 5.95. The summed E-state index contributed by atoms with van der Waals surface area (Å²) in [5.74, 6) is -1.12. The Bertz CT molecular complexity index is 1260. The van der Waals surface area contributed by atoms with Gasteiger partial charge in [0.25, 0.3) is 11.5 Å². The molecular formula is C21H26N7O4Rb. The molecule has 4 rings (SSSR count). The van der Waals surface area contributed by atoms with E-state index in [0.717, 1.165) is 12.8 Å². The fourth-order valence-electron chi connectivity index (χ4n) is 3.27. The minimum atomic E-state index is -0.905. The normalized spacial score (nSPS) is 12.5. The number of amides is 2. The number of aryl methyl sites for hydroxylation is 1. The molecule has 3 heterocycles. The number of rotatable bonds is 7. The van der Waals surface area contributed by atoms with Gasteiger partial charge >= 0.3 is 63.9 Å². The van der Waals surface area contributed by atoms with Crippen molar-refractivity contribution in [2.45, 2.75) is 52.6 Å². The molecule has 3 N–H and O–H groups in total. The van der Waals surface area contributed by atoms with Gasteiger partial charge in [-0.2, -0.15) is 0 Å².